The van der Waals surface area contributed by atoms with Crippen LogP contribution < -0.4 is 0 Å². The predicted molar refractivity (Wildman–Crippen MR) is 57.9 cm³/mol. The Morgan fingerprint density at radius 1 is 1.46 bits per heavy atom. The lowest BCUT2D eigenvalue weighted by Crippen LogP contribution is -2.07. The molecule has 0 radical (unpaired) electrons. The van der Waals surface area contributed by atoms with Gasteiger partial charge in [-0.1, -0.05) is 25.4 Å². The van der Waals surface area contributed by atoms with Crippen molar-refractivity contribution in [2.45, 2.75) is 18.7 Å². The number of thiol groups is 1. The predicted octanol–water partition coefficient (Wildman–Crippen LogP) is 3.47. The van der Waals surface area contributed by atoms with Crippen LogP contribution in [0.2, 0.25) is 5.02 Å². The van der Waals surface area contributed by atoms with Gasteiger partial charge >= 0.3 is 0 Å². The first-order chi connectivity index (χ1) is 6.02. The Bertz CT molecular complexity index is 334. The Labute approximate surface area is 88.5 Å². The fourth-order valence-corrected chi connectivity index (χ4v) is 1.57. The highest BCUT2D eigenvalue weighted by Gasteiger charge is 2.13. The summed E-state index contributed by atoms with van der Waals surface area (Å²) >= 11 is 10.0. The van der Waals surface area contributed by atoms with Crippen molar-refractivity contribution in [1.82, 2.24) is 0 Å². The van der Waals surface area contributed by atoms with Crippen LogP contribution in [0, 0.1) is 5.92 Å². The second-order valence-corrected chi connectivity index (χ2v) is 4.11. The van der Waals surface area contributed by atoms with Crippen molar-refractivity contribution in [2.75, 3.05) is 0 Å². The van der Waals surface area contributed by atoms with E-state index in [0.717, 1.165) is 4.90 Å². The van der Waals surface area contributed by atoms with E-state index >= 15 is 0 Å². The summed E-state index contributed by atoms with van der Waals surface area (Å²) < 4.78 is 0. The van der Waals surface area contributed by atoms with Gasteiger partial charge in [0.15, 0.2) is 5.78 Å². The molecular formula is C10H11ClOS. The zero-order valence-electron chi connectivity index (χ0n) is 7.54. The standard InChI is InChI=1S/C10H11ClOS/c1-6(2)10(12)8-4-3-7(13)5-9(8)11/h3-6,13H,1-2H3. The van der Waals surface area contributed by atoms with Crippen molar-refractivity contribution < 1.29 is 4.79 Å². The molecule has 0 spiro atoms. The molecule has 13 heavy (non-hydrogen) atoms. The first kappa shape index (κ1) is 10.6. The molecular weight excluding hydrogens is 204 g/mol. The third-order valence-corrected chi connectivity index (χ3v) is 2.33. The van der Waals surface area contributed by atoms with Gasteiger partial charge in [0.25, 0.3) is 0 Å². The lowest BCUT2D eigenvalue weighted by Gasteiger charge is -2.06. The second-order valence-electron chi connectivity index (χ2n) is 3.18. The van der Waals surface area contributed by atoms with Crippen LogP contribution in [-0.4, -0.2) is 5.78 Å². The van der Waals surface area contributed by atoms with Gasteiger partial charge in [-0.25, -0.2) is 0 Å². The number of carbonyl (C=O) groups is 1. The highest BCUT2D eigenvalue weighted by Crippen LogP contribution is 2.22. The van der Waals surface area contributed by atoms with Crippen LogP contribution in [0.5, 0.6) is 0 Å². The number of carbonyl (C=O) groups excluding carboxylic acids is 1. The number of halogens is 1. The SMILES string of the molecule is CC(C)C(=O)c1ccc(S)cc1Cl. The van der Waals surface area contributed by atoms with Crippen molar-refractivity contribution in [3.05, 3.63) is 28.8 Å². The monoisotopic (exact) mass is 214 g/mol. The maximum atomic E-state index is 11.6. The highest BCUT2D eigenvalue weighted by molar-refractivity contribution is 7.80. The molecule has 0 amide bonds. The fraction of sp³-hybridized carbons (Fsp3) is 0.300. The Morgan fingerprint density at radius 2 is 2.08 bits per heavy atom. The largest absolute Gasteiger partial charge is 0.294 e. The van der Waals surface area contributed by atoms with Gasteiger partial charge in [0.05, 0.1) is 5.02 Å². The van der Waals surface area contributed by atoms with E-state index in [1.807, 2.05) is 13.8 Å². The van der Waals surface area contributed by atoms with E-state index in [0.29, 0.717) is 10.6 Å². The van der Waals surface area contributed by atoms with Gasteiger partial charge < -0.3 is 0 Å². The van der Waals surface area contributed by atoms with Gasteiger partial charge in [-0.15, -0.1) is 12.6 Å². The van der Waals surface area contributed by atoms with Crippen molar-refractivity contribution in [3.8, 4) is 0 Å². The third-order valence-electron chi connectivity index (χ3n) is 1.74. The number of Topliss-reactive ketones (excluding diaryl/α,β-unsaturated/α-hetero) is 1. The molecule has 0 atom stereocenters. The smallest absolute Gasteiger partial charge is 0.166 e. The maximum absolute atomic E-state index is 11.6. The van der Waals surface area contributed by atoms with Crippen molar-refractivity contribution in [2.24, 2.45) is 5.92 Å². The topological polar surface area (TPSA) is 17.1 Å². The van der Waals surface area contributed by atoms with Crippen LogP contribution in [0.3, 0.4) is 0 Å². The molecule has 1 aromatic carbocycles. The highest BCUT2D eigenvalue weighted by atomic mass is 35.5. The molecule has 1 rings (SSSR count). The van der Waals surface area contributed by atoms with Crippen molar-refractivity contribution in [3.63, 3.8) is 0 Å². The summed E-state index contributed by atoms with van der Waals surface area (Å²) in [7, 11) is 0. The Kier molecular flexibility index (Phi) is 3.40. The van der Waals surface area contributed by atoms with Crippen LogP contribution in [0.15, 0.2) is 23.1 Å². The maximum Gasteiger partial charge on any atom is 0.166 e. The molecule has 1 aromatic rings. The lowest BCUT2D eigenvalue weighted by molar-refractivity contribution is 0.0939. The zero-order chi connectivity index (χ0) is 10.0. The number of rotatable bonds is 2. The number of hydrogen-bond donors (Lipinski definition) is 1. The quantitative estimate of drug-likeness (QED) is 0.589. The molecule has 0 aliphatic carbocycles. The van der Waals surface area contributed by atoms with Crippen LogP contribution in [0.25, 0.3) is 0 Å². The lowest BCUT2D eigenvalue weighted by atomic mass is 10.0. The minimum Gasteiger partial charge on any atom is -0.294 e. The summed E-state index contributed by atoms with van der Waals surface area (Å²) in [5.74, 6) is 0.0431. The molecule has 0 saturated carbocycles. The molecule has 1 nitrogen and oxygen atoms in total. The minimum atomic E-state index is -0.0248. The first-order valence-electron chi connectivity index (χ1n) is 4.05. The molecule has 0 saturated heterocycles. The van der Waals surface area contributed by atoms with Gasteiger partial charge in [0.1, 0.15) is 0 Å². The Morgan fingerprint density at radius 3 is 2.54 bits per heavy atom. The molecule has 0 heterocycles. The van der Waals surface area contributed by atoms with Crippen LogP contribution in [0.1, 0.15) is 24.2 Å². The Hall–Kier alpha value is -0.470. The molecule has 70 valence electrons. The van der Waals surface area contributed by atoms with E-state index in [-0.39, 0.29) is 11.7 Å². The second kappa shape index (κ2) is 4.16. The first-order valence-corrected chi connectivity index (χ1v) is 4.87. The van der Waals surface area contributed by atoms with Gasteiger partial charge in [0.2, 0.25) is 0 Å². The summed E-state index contributed by atoms with van der Waals surface area (Å²) in [5.41, 5.74) is 0.578. The average molecular weight is 215 g/mol. The van der Waals surface area contributed by atoms with Crippen LogP contribution in [-0.2, 0) is 0 Å². The number of benzene rings is 1. The average Bonchev–Trinajstić information content (AvgIpc) is 2.03. The summed E-state index contributed by atoms with van der Waals surface area (Å²) in [5, 5.41) is 0.478. The molecule has 0 fully saturated rings. The van der Waals surface area contributed by atoms with Gasteiger partial charge in [-0.2, -0.15) is 0 Å². The van der Waals surface area contributed by atoms with Gasteiger partial charge in [0, 0.05) is 16.4 Å². The van der Waals surface area contributed by atoms with Gasteiger partial charge in [-0.3, -0.25) is 4.79 Å². The third kappa shape index (κ3) is 2.48. The van der Waals surface area contributed by atoms with Gasteiger partial charge in [-0.05, 0) is 18.2 Å². The summed E-state index contributed by atoms with van der Waals surface area (Å²) in [6.45, 7) is 3.71. The van der Waals surface area contributed by atoms with Crippen molar-refractivity contribution in [1.29, 1.82) is 0 Å². The molecule has 0 unspecified atom stereocenters. The van der Waals surface area contributed by atoms with E-state index < -0.39 is 0 Å². The molecule has 0 bridgehead atoms. The molecule has 3 heteroatoms. The van der Waals surface area contributed by atoms with E-state index in [1.54, 1.807) is 18.2 Å². The van der Waals surface area contributed by atoms with E-state index in [1.165, 1.54) is 0 Å². The summed E-state index contributed by atoms with van der Waals surface area (Å²) in [6, 6.07) is 5.16. The van der Waals surface area contributed by atoms with Crippen molar-refractivity contribution >= 4 is 30.0 Å². The normalized spacial score (nSPS) is 10.5. The Balaban J connectivity index is 3.09. The fourth-order valence-electron chi connectivity index (χ4n) is 1.01. The number of hydrogen-bond acceptors (Lipinski definition) is 2. The van der Waals surface area contributed by atoms with Crippen LogP contribution in [0.4, 0.5) is 0 Å². The molecule has 0 aliphatic heterocycles. The zero-order valence-corrected chi connectivity index (χ0v) is 9.19. The number of ketones is 1. The van der Waals surface area contributed by atoms with E-state index in [2.05, 4.69) is 12.6 Å². The molecule has 0 aliphatic rings. The summed E-state index contributed by atoms with van der Waals surface area (Å²) in [4.78, 5) is 12.3. The molecule has 0 aromatic heterocycles. The van der Waals surface area contributed by atoms with E-state index in [9.17, 15) is 4.79 Å². The van der Waals surface area contributed by atoms with E-state index in [4.69, 9.17) is 11.6 Å². The minimum absolute atomic E-state index is 0.0248. The molecule has 0 N–H and O–H groups in total. The summed E-state index contributed by atoms with van der Waals surface area (Å²) in [6.07, 6.45) is 0. The van der Waals surface area contributed by atoms with Crippen LogP contribution >= 0.6 is 24.2 Å².